The third kappa shape index (κ3) is 4.41. The van der Waals surface area contributed by atoms with Gasteiger partial charge in [0, 0.05) is 10.7 Å². The third-order valence-corrected chi connectivity index (χ3v) is 5.05. The van der Waals surface area contributed by atoms with E-state index in [0.29, 0.717) is 28.7 Å². The number of amides is 2. The van der Waals surface area contributed by atoms with Crippen LogP contribution in [0.25, 0.3) is 0 Å². The van der Waals surface area contributed by atoms with E-state index in [9.17, 15) is 9.59 Å². The SMILES string of the molecule is O=C(Cc1ccccc1)Nc1ccc2c(c1)N(Cc1ccccc1Cl)C(=O)CO2. The molecule has 146 valence electrons. The Balaban J connectivity index is 1.55. The lowest BCUT2D eigenvalue weighted by molar-refractivity contribution is -0.121. The molecule has 0 aliphatic carbocycles. The number of benzene rings is 3. The van der Waals surface area contributed by atoms with E-state index in [1.165, 1.54) is 0 Å². The van der Waals surface area contributed by atoms with Crippen molar-refractivity contribution in [3.63, 3.8) is 0 Å². The molecule has 1 aliphatic rings. The Morgan fingerprint density at radius 1 is 1.03 bits per heavy atom. The van der Waals surface area contributed by atoms with Gasteiger partial charge in [-0.15, -0.1) is 0 Å². The largest absolute Gasteiger partial charge is 0.482 e. The standard InChI is InChI=1S/C23H19ClN2O3/c24-19-9-5-4-8-17(19)14-26-20-13-18(10-11-21(20)29-15-23(26)28)25-22(27)12-16-6-2-1-3-7-16/h1-11,13H,12,14-15H2,(H,25,27). The fourth-order valence-electron chi connectivity index (χ4n) is 3.24. The van der Waals surface area contributed by atoms with Crippen molar-refractivity contribution >= 4 is 34.8 Å². The van der Waals surface area contributed by atoms with Crippen LogP contribution in [0.4, 0.5) is 11.4 Å². The molecule has 0 saturated heterocycles. The van der Waals surface area contributed by atoms with Gasteiger partial charge in [-0.05, 0) is 35.4 Å². The van der Waals surface area contributed by atoms with Crippen LogP contribution in [0, 0.1) is 0 Å². The molecule has 5 nitrogen and oxygen atoms in total. The van der Waals surface area contributed by atoms with Gasteiger partial charge in [-0.1, -0.05) is 60.1 Å². The normalized spacial score (nSPS) is 12.9. The first-order valence-electron chi connectivity index (χ1n) is 9.24. The van der Waals surface area contributed by atoms with E-state index < -0.39 is 0 Å². The third-order valence-electron chi connectivity index (χ3n) is 4.68. The van der Waals surface area contributed by atoms with E-state index in [1.807, 2.05) is 48.5 Å². The average Bonchev–Trinajstić information content (AvgIpc) is 2.72. The highest BCUT2D eigenvalue weighted by molar-refractivity contribution is 6.31. The summed E-state index contributed by atoms with van der Waals surface area (Å²) < 4.78 is 5.55. The lowest BCUT2D eigenvalue weighted by Gasteiger charge is -2.30. The monoisotopic (exact) mass is 406 g/mol. The van der Waals surface area contributed by atoms with Crippen molar-refractivity contribution in [3.8, 4) is 5.75 Å². The average molecular weight is 407 g/mol. The van der Waals surface area contributed by atoms with Crippen LogP contribution in [0.1, 0.15) is 11.1 Å². The summed E-state index contributed by atoms with van der Waals surface area (Å²) in [5.41, 5.74) is 2.99. The molecule has 0 spiro atoms. The molecule has 2 amide bonds. The first kappa shape index (κ1) is 19.0. The van der Waals surface area contributed by atoms with Crippen molar-refractivity contribution in [3.05, 3.63) is 88.9 Å². The molecule has 29 heavy (non-hydrogen) atoms. The number of nitrogens with zero attached hydrogens (tertiary/aromatic N) is 1. The van der Waals surface area contributed by atoms with E-state index in [1.54, 1.807) is 29.2 Å². The minimum atomic E-state index is -0.162. The Kier molecular flexibility index (Phi) is 5.49. The molecule has 0 saturated carbocycles. The zero-order valence-corrected chi connectivity index (χ0v) is 16.4. The van der Waals surface area contributed by atoms with Crippen LogP contribution in [0.5, 0.6) is 5.75 Å². The molecule has 1 aliphatic heterocycles. The number of anilines is 2. The van der Waals surface area contributed by atoms with Crippen LogP contribution in [0.15, 0.2) is 72.8 Å². The number of carbonyl (C=O) groups is 2. The van der Waals surface area contributed by atoms with Gasteiger partial charge < -0.3 is 15.0 Å². The van der Waals surface area contributed by atoms with Crippen LogP contribution in [0.3, 0.4) is 0 Å². The number of hydrogen-bond donors (Lipinski definition) is 1. The molecule has 1 heterocycles. The summed E-state index contributed by atoms with van der Waals surface area (Å²) in [5, 5.41) is 3.49. The summed E-state index contributed by atoms with van der Waals surface area (Å²) in [6.45, 7) is 0.299. The molecule has 4 rings (SSSR count). The van der Waals surface area contributed by atoms with Crippen LogP contribution in [-0.2, 0) is 22.6 Å². The van der Waals surface area contributed by atoms with E-state index in [4.69, 9.17) is 16.3 Å². The first-order valence-corrected chi connectivity index (χ1v) is 9.62. The molecule has 6 heteroatoms. The fourth-order valence-corrected chi connectivity index (χ4v) is 3.43. The van der Waals surface area contributed by atoms with E-state index in [-0.39, 0.29) is 24.8 Å². The highest BCUT2D eigenvalue weighted by Crippen LogP contribution is 2.36. The number of rotatable bonds is 5. The number of carbonyl (C=O) groups excluding carboxylic acids is 2. The Labute approximate surface area is 173 Å². The van der Waals surface area contributed by atoms with Gasteiger partial charge in [-0.25, -0.2) is 0 Å². The van der Waals surface area contributed by atoms with Crippen LogP contribution >= 0.6 is 11.6 Å². The minimum absolute atomic E-state index is 0.0306. The van der Waals surface area contributed by atoms with Crippen LogP contribution < -0.4 is 15.0 Å². The predicted molar refractivity (Wildman–Crippen MR) is 113 cm³/mol. The smallest absolute Gasteiger partial charge is 0.265 e. The summed E-state index contributed by atoms with van der Waals surface area (Å²) in [7, 11) is 0. The number of ether oxygens (including phenoxy) is 1. The van der Waals surface area contributed by atoms with Crippen molar-refractivity contribution in [1.82, 2.24) is 0 Å². The Morgan fingerprint density at radius 2 is 1.79 bits per heavy atom. The second-order valence-corrected chi connectivity index (χ2v) is 7.16. The summed E-state index contributed by atoms with van der Waals surface area (Å²) in [6, 6.07) is 22.2. The highest BCUT2D eigenvalue weighted by Gasteiger charge is 2.26. The highest BCUT2D eigenvalue weighted by atomic mass is 35.5. The second kappa shape index (κ2) is 8.37. The molecule has 3 aromatic carbocycles. The number of halogens is 1. The van der Waals surface area contributed by atoms with E-state index >= 15 is 0 Å². The van der Waals surface area contributed by atoms with Crippen molar-refractivity contribution in [2.45, 2.75) is 13.0 Å². The molecule has 1 N–H and O–H groups in total. The van der Waals surface area contributed by atoms with Crippen LogP contribution in [-0.4, -0.2) is 18.4 Å². The number of fused-ring (bicyclic) bond motifs is 1. The molecule has 0 bridgehead atoms. The first-order chi connectivity index (χ1) is 14.1. The Hall–Kier alpha value is -3.31. The van der Waals surface area contributed by atoms with Gasteiger partial charge in [0.2, 0.25) is 5.91 Å². The van der Waals surface area contributed by atoms with Gasteiger partial charge >= 0.3 is 0 Å². The zero-order chi connectivity index (χ0) is 20.2. The Morgan fingerprint density at radius 3 is 2.59 bits per heavy atom. The van der Waals surface area contributed by atoms with Gasteiger partial charge in [-0.2, -0.15) is 0 Å². The van der Waals surface area contributed by atoms with Crippen molar-refractivity contribution < 1.29 is 14.3 Å². The van der Waals surface area contributed by atoms with E-state index in [0.717, 1.165) is 11.1 Å². The second-order valence-electron chi connectivity index (χ2n) is 6.75. The molecule has 0 fully saturated rings. The molecule has 0 aromatic heterocycles. The van der Waals surface area contributed by atoms with Gasteiger partial charge in [0.15, 0.2) is 6.61 Å². The topological polar surface area (TPSA) is 58.6 Å². The maximum atomic E-state index is 12.5. The molecular formula is C23H19ClN2O3. The van der Waals surface area contributed by atoms with Crippen molar-refractivity contribution in [1.29, 1.82) is 0 Å². The lowest BCUT2D eigenvalue weighted by atomic mass is 10.1. The van der Waals surface area contributed by atoms with E-state index in [2.05, 4.69) is 5.32 Å². The quantitative estimate of drug-likeness (QED) is 0.681. The maximum absolute atomic E-state index is 12.5. The number of nitrogens with one attached hydrogen (secondary N) is 1. The molecule has 0 radical (unpaired) electrons. The maximum Gasteiger partial charge on any atom is 0.265 e. The molecule has 3 aromatic rings. The molecule has 0 atom stereocenters. The predicted octanol–water partition coefficient (Wildman–Crippen LogP) is 4.45. The summed E-state index contributed by atoms with van der Waals surface area (Å²) in [6.07, 6.45) is 0.274. The molecule has 0 unspecified atom stereocenters. The summed E-state index contributed by atoms with van der Waals surface area (Å²) in [4.78, 5) is 26.5. The zero-order valence-electron chi connectivity index (χ0n) is 15.6. The van der Waals surface area contributed by atoms with Crippen molar-refractivity contribution in [2.24, 2.45) is 0 Å². The van der Waals surface area contributed by atoms with Crippen LogP contribution in [0.2, 0.25) is 5.02 Å². The Bertz CT molecular complexity index is 1050. The van der Waals surface area contributed by atoms with Gasteiger partial charge in [-0.3, -0.25) is 9.59 Å². The minimum Gasteiger partial charge on any atom is -0.482 e. The van der Waals surface area contributed by atoms with Gasteiger partial charge in [0.25, 0.3) is 5.91 Å². The fraction of sp³-hybridized carbons (Fsp3) is 0.130. The van der Waals surface area contributed by atoms with Gasteiger partial charge in [0.05, 0.1) is 18.7 Å². The molecular weight excluding hydrogens is 388 g/mol. The van der Waals surface area contributed by atoms with Gasteiger partial charge in [0.1, 0.15) is 5.75 Å². The number of hydrogen-bond acceptors (Lipinski definition) is 3. The van der Waals surface area contributed by atoms with Crippen molar-refractivity contribution in [2.75, 3.05) is 16.8 Å². The lowest BCUT2D eigenvalue weighted by Crippen LogP contribution is -2.38. The summed E-state index contributed by atoms with van der Waals surface area (Å²) in [5.74, 6) is 0.305. The summed E-state index contributed by atoms with van der Waals surface area (Å²) >= 11 is 6.27.